The Balaban J connectivity index is -0.00000220. The van der Waals surface area contributed by atoms with Crippen molar-refractivity contribution < 1.29 is 4.74 Å². The van der Waals surface area contributed by atoms with Gasteiger partial charge in [-0.2, -0.15) is 0 Å². The van der Waals surface area contributed by atoms with Gasteiger partial charge >= 0.3 is 0 Å². The fourth-order valence-corrected chi connectivity index (χ4v) is 6.63. The predicted octanol–water partition coefficient (Wildman–Crippen LogP) is 8.40. The van der Waals surface area contributed by atoms with Crippen LogP contribution in [0.15, 0.2) is 0 Å². The number of rotatable bonds is 14. The van der Waals surface area contributed by atoms with E-state index < -0.39 is 0 Å². The normalized spacial score (nSPS) is 13.1. The quantitative estimate of drug-likeness (QED) is 0.213. The Kier molecular flexibility index (Phi) is 21.5. The molecule has 0 spiro atoms. The first-order valence-corrected chi connectivity index (χ1v) is 12.6. The molecule has 2 unspecified atom stereocenters. The Morgan fingerprint density at radius 1 is 0.833 bits per heavy atom. The summed E-state index contributed by atoms with van der Waals surface area (Å²) in [6, 6.07) is 0. The lowest BCUT2D eigenvalue weighted by molar-refractivity contribution is 0.145. The number of ether oxygens (including phenoxy) is 1. The Morgan fingerprint density at radius 2 is 1.21 bits per heavy atom. The Morgan fingerprint density at radius 3 is 1.50 bits per heavy atom. The number of methoxy groups -OCH3 is 1. The predicted molar refractivity (Wildman–Crippen MR) is 129 cm³/mol. The lowest BCUT2D eigenvalue weighted by Gasteiger charge is -2.51. The minimum atomic E-state index is -0.0757. The monoisotopic (exact) mass is 508 g/mol. The van der Waals surface area contributed by atoms with Crippen LogP contribution in [0.1, 0.15) is 92.4 Å². The van der Waals surface area contributed by atoms with Gasteiger partial charge in [0.05, 0.1) is 6.61 Å². The van der Waals surface area contributed by atoms with Gasteiger partial charge < -0.3 is 4.74 Å². The van der Waals surface area contributed by atoms with E-state index in [4.69, 9.17) is 4.74 Å². The Hall–Kier alpha value is 1.78. The van der Waals surface area contributed by atoms with Gasteiger partial charge in [0.1, 0.15) is 0 Å². The molecule has 0 bridgehead atoms. The highest BCUT2D eigenvalue weighted by Gasteiger charge is 2.46. The maximum Gasteiger partial charge on any atom is 0.0504 e. The highest BCUT2D eigenvalue weighted by molar-refractivity contribution is 8.93. The number of halogens is 2. The van der Waals surface area contributed by atoms with Crippen LogP contribution in [0.3, 0.4) is 0 Å². The fraction of sp³-hybridized carbons (Fsp3) is 1.00. The molecule has 150 valence electrons. The van der Waals surface area contributed by atoms with E-state index in [1.54, 1.807) is 0 Å². The van der Waals surface area contributed by atoms with Crippen molar-refractivity contribution in [3.8, 4) is 0 Å². The standard InChI is InChI=1S/C19H42OP2.2BrH/c1-7-10-13-19(14-11-8-2,15-12-9-3)18(4,5)22(21)17-16-20-6;;/h7-17,21H2,1-6H3;2*1H. The molecule has 0 aromatic carbocycles. The minimum absolute atomic E-state index is 0. The van der Waals surface area contributed by atoms with Crippen molar-refractivity contribution in [2.24, 2.45) is 5.41 Å². The van der Waals surface area contributed by atoms with Gasteiger partial charge in [-0.25, -0.2) is 0 Å². The van der Waals surface area contributed by atoms with Crippen LogP contribution >= 0.6 is 50.5 Å². The van der Waals surface area contributed by atoms with E-state index in [9.17, 15) is 0 Å². The lowest BCUT2D eigenvalue weighted by Crippen LogP contribution is -2.42. The smallest absolute Gasteiger partial charge is 0.0504 e. The zero-order valence-corrected chi connectivity index (χ0v) is 22.5. The third kappa shape index (κ3) is 9.64. The molecule has 0 aromatic heterocycles. The second-order valence-corrected chi connectivity index (χ2v) is 11.7. The molecule has 0 aliphatic rings. The first-order valence-electron chi connectivity index (χ1n) is 9.43. The third-order valence-corrected chi connectivity index (χ3v) is 10.9. The number of hydrogen-bond donors (Lipinski definition) is 0. The molecule has 0 aliphatic heterocycles. The van der Waals surface area contributed by atoms with Gasteiger partial charge in [0.25, 0.3) is 0 Å². The minimum Gasteiger partial charge on any atom is -0.384 e. The van der Waals surface area contributed by atoms with E-state index in [2.05, 4.69) is 43.5 Å². The molecule has 24 heavy (non-hydrogen) atoms. The first-order chi connectivity index (χ1) is 10.4. The summed E-state index contributed by atoms with van der Waals surface area (Å²) in [6.45, 7) is 13.0. The molecule has 0 saturated heterocycles. The average molecular weight is 510 g/mol. The lowest BCUT2D eigenvalue weighted by atomic mass is 9.66. The van der Waals surface area contributed by atoms with Gasteiger partial charge in [0.2, 0.25) is 0 Å². The Labute approximate surface area is 177 Å². The SMILES string of the molecule is Br.Br.CCCCC(CCCC)(CCCC)C(C)(C)P(P)CCOC. The van der Waals surface area contributed by atoms with Gasteiger partial charge in [-0.3, -0.25) is 0 Å². The van der Waals surface area contributed by atoms with Crippen molar-refractivity contribution in [3.05, 3.63) is 0 Å². The molecule has 0 saturated carbocycles. The molecule has 2 atom stereocenters. The average Bonchev–Trinajstić information content (AvgIpc) is 2.51. The molecule has 0 aromatic rings. The van der Waals surface area contributed by atoms with Gasteiger partial charge in [-0.05, 0) is 36.0 Å². The van der Waals surface area contributed by atoms with Crippen LogP contribution in [0.25, 0.3) is 0 Å². The summed E-state index contributed by atoms with van der Waals surface area (Å²) in [5, 5.41) is 0.422. The molecule has 0 rings (SSSR count). The summed E-state index contributed by atoms with van der Waals surface area (Å²) in [5.41, 5.74) is 0.524. The van der Waals surface area contributed by atoms with Crippen LogP contribution in [0.4, 0.5) is 0 Å². The second kappa shape index (κ2) is 16.9. The Bertz CT molecular complexity index is 254. The van der Waals surface area contributed by atoms with E-state index in [-0.39, 0.29) is 41.6 Å². The summed E-state index contributed by atoms with van der Waals surface area (Å²) in [5.74, 6) is 0. The molecule has 5 heteroatoms. The van der Waals surface area contributed by atoms with E-state index in [0.717, 1.165) is 6.61 Å². The van der Waals surface area contributed by atoms with Crippen molar-refractivity contribution >= 4 is 50.5 Å². The topological polar surface area (TPSA) is 9.23 Å². The second-order valence-electron chi connectivity index (χ2n) is 7.34. The molecule has 0 N–H and O–H groups in total. The zero-order chi connectivity index (χ0) is 17.1. The van der Waals surface area contributed by atoms with Crippen molar-refractivity contribution in [1.29, 1.82) is 0 Å². The number of unbranched alkanes of at least 4 members (excludes halogenated alkanes) is 3. The van der Waals surface area contributed by atoms with Crippen LogP contribution in [0.5, 0.6) is 0 Å². The summed E-state index contributed by atoms with van der Waals surface area (Å²) < 4.78 is 5.37. The maximum absolute atomic E-state index is 5.37. The first kappa shape index (κ1) is 30.5. The molecule has 0 fully saturated rings. The highest BCUT2D eigenvalue weighted by Crippen LogP contribution is 2.66. The third-order valence-electron chi connectivity index (χ3n) is 5.58. The van der Waals surface area contributed by atoms with Crippen LogP contribution in [-0.4, -0.2) is 25.0 Å². The summed E-state index contributed by atoms with van der Waals surface area (Å²) in [7, 11) is 4.98. The molecule has 0 amide bonds. The van der Waals surface area contributed by atoms with Crippen molar-refractivity contribution in [1.82, 2.24) is 0 Å². The van der Waals surface area contributed by atoms with Crippen LogP contribution in [0, 0.1) is 5.41 Å². The van der Waals surface area contributed by atoms with Crippen LogP contribution in [-0.2, 0) is 4.74 Å². The van der Waals surface area contributed by atoms with Crippen molar-refractivity contribution in [3.63, 3.8) is 0 Å². The summed E-state index contributed by atoms with van der Waals surface area (Å²) >= 11 is 0. The number of hydrogen-bond acceptors (Lipinski definition) is 1. The van der Waals surface area contributed by atoms with Crippen molar-refractivity contribution in [2.45, 2.75) is 97.6 Å². The summed E-state index contributed by atoms with van der Waals surface area (Å²) in [6.07, 6.45) is 13.6. The van der Waals surface area contributed by atoms with Crippen LogP contribution < -0.4 is 0 Å². The largest absolute Gasteiger partial charge is 0.384 e. The van der Waals surface area contributed by atoms with Gasteiger partial charge in [-0.1, -0.05) is 80.8 Å². The molecule has 0 heterocycles. The van der Waals surface area contributed by atoms with Crippen LogP contribution in [0.2, 0.25) is 0 Å². The zero-order valence-electron chi connectivity index (χ0n) is 17.0. The fourth-order valence-electron chi connectivity index (χ4n) is 3.61. The van der Waals surface area contributed by atoms with Gasteiger partial charge in [0, 0.05) is 7.11 Å². The molecule has 0 aliphatic carbocycles. The van der Waals surface area contributed by atoms with E-state index in [0.29, 0.717) is 10.6 Å². The maximum atomic E-state index is 5.37. The van der Waals surface area contributed by atoms with E-state index >= 15 is 0 Å². The molecule has 0 radical (unpaired) electrons. The van der Waals surface area contributed by atoms with E-state index in [1.807, 2.05) is 7.11 Å². The molecule has 1 nitrogen and oxygen atoms in total. The highest BCUT2D eigenvalue weighted by atomic mass is 79.9. The van der Waals surface area contributed by atoms with Crippen molar-refractivity contribution in [2.75, 3.05) is 19.9 Å². The molecular weight excluding hydrogens is 466 g/mol. The van der Waals surface area contributed by atoms with Gasteiger partial charge in [0.15, 0.2) is 0 Å². The van der Waals surface area contributed by atoms with Gasteiger partial charge in [-0.15, -0.1) is 42.9 Å². The van der Waals surface area contributed by atoms with E-state index in [1.165, 1.54) is 63.9 Å². The summed E-state index contributed by atoms with van der Waals surface area (Å²) in [4.78, 5) is 0. The molecular formula is C19H44Br2OP2.